The first-order valence-corrected chi connectivity index (χ1v) is 6.87. The van der Waals surface area contributed by atoms with Crippen molar-refractivity contribution >= 4 is 11.9 Å². The molecule has 0 bridgehead atoms. The summed E-state index contributed by atoms with van der Waals surface area (Å²) < 4.78 is 0. The maximum atomic E-state index is 11.3. The summed E-state index contributed by atoms with van der Waals surface area (Å²) >= 11 is 0. The second-order valence-electron chi connectivity index (χ2n) is 4.97. The van der Waals surface area contributed by atoms with Crippen molar-refractivity contribution in [3.05, 3.63) is 23.8 Å². The van der Waals surface area contributed by atoms with Gasteiger partial charge in [-0.25, -0.2) is 0 Å². The molecule has 0 saturated carbocycles. The first kappa shape index (κ1) is 17.6. The highest BCUT2D eigenvalue weighted by molar-refractivity contribution is 5.75. The van der Waals surface area contributed by atoms with E-state index >= 15 is 0 Å². The van der Waals surface area contributed by atoms with Gasteiger partial charge in [0.2, 0.25) is 0 Å². The smallest absolute Gasteiger partial charge is 0.320 e. The van der Waals surface area contributed by atoms with Crippen molar-refractivity contribution in [1.82, 2.24) is 5.32 Å². The van der Waals surface area contributed by atoms with Crippen molar-refractivity contribution in [2.75, 3.05) is 6.54 Å². The molecule has 0 heterocycles. The summed E-state index contributed by atoms with van der Waals surface area (Å²) in [4.78, 5) is 15.1. The predicted octanol–water partition coefficient (Wildman–Crippen LogP) is 0.255. The fraction of sp³-hybridized carbons (Fsp3) is 0.429. The standard InChI is InChI=1S/C14H22N4O4/c1-8(10-5-4-9(19)7-12(10)20)18-11(13(21)22)3-2-6-17-14(15)16/h4-5,7-8,11,18-20H,2-3,6H2,1H3,(H,21,22)(H4,15,16,17). The van der Waals surface area contributed by atoms with Gasteiger partial charge in [-0.1, -0.05) is 6.07 Å². The van der Waals surface area contributed by atoms with E-state index in [9.17, 15) is 20.1 Å². The number of nitrogens with zero attached hydrogens (tertiary/aromatic N) is 1. The van der Waals surface area contributed by atoms with Gasteiger partial charge < -0.3 is 26.8 Å². The van der Waals surface area contributed by atoms with Crippen molar-refractivity contribution in [3.63, 3.8) is 0 Å². The monoisotopic (exact) mass is 310 g/mol. The molecule has 8 heteroatoms. The van der Waals surface area contributed by atoms with Gasteiger partial charge in [-0.05, 0) is 25.8 Å². The lowest BCUT2D eigenvalue weighted by Gasteiger charge is -2.21. The molecular weight excluding hydrogens is 288 g/mol. The van der Waals surface area contributed by atoms with Crippen LogP contribution in [0.5, 0.6) is 11.5 Å². The third-order valence-electron chi connectivity index (χ3n) is 3.18. The van der Waals surface area contributed by atoms with Crippen LogP contribution in [-0.4, -0.2) is 39.8 Å². The number of carboxylic acids is 1. The third kappa shape index (κ3) is 5.49. The number of nitrogens with two attached hydrogens (primary N) is 2. The highest BCUT2D eigenvalue weighted by Gasteiger charge is 2.21. The largest absolute Gasteiger partial charge is 0.508 e. The molecule has 2 unspecified atom stereocenters. The van der Waals surface area contributed by atoms with Crippen molar-refractivity contribution in [3.8, 4) is 11.5 Å². The van der Waals surface area contributed by atoms with Crippen LogP contribution >= 0.6 is 0 Å². The topological polar surface area (TPSA) is 154 Å². The van der Waals surface area contributed by atoms with E-state index in [1.54, 1.807) is 13.0 Å². The lowest BCUT2D eigenvalue weighted by molar-refractivity contribution is -0.139. The average molecular weight is 310 g/mol. The minimum atomic E-state index is -0.991. The van der Waals surface area contributed by atoms with Crippen molar-refractivity contribution < 1.29 is 20.1 Å². The third-order valence-corrected chi connectivity index (χ3v) is 3.18. The van der Waals surface area contributed by atoms with Crippen molar-refractivity contribution in [2.24, 2.45) is 16.5 Å². The van der Waals surface area contributed by atoms with Crippen molar-refractivity contribution in [2.45, 2.75) is 31.8 Å². The Kier molecular flexibility index (Phi) is 6.46. The summed E-state index contributed by atoms with van der Waals surface area (Å²) in [5, 5.41) is 31.2. The Morgan fingerprint density at radius 1 is 1.36 bits per heavy atom. The number of aromatic hydroxyl groups is 2. The van der Waals surface area contributed by atoms with Gasteiger partial charge in [0.15, 0.2) is 5.96 Å². The Hall–Kier alpha value is -2.48. The molecule has 1 aromatic rings. The number of carboxylic acid groups (broad SMARTS) is 1. The van der Waals surface area contributed by atoms with E-state index in [1.807, 2.05) is 0 Å². The van der Waals surface area contributed by atoms with Crippen LogP contribution in [-0.2, 0) is 4.79 Å². The van der Waals surface area contributed by atoms with Crippen LogP contribution in [0.1, 0.15) is 31.4 Å². The molecule has 0 spiro atoms. The summed E-state index contributed by atoms with van der Waals surface area (Å²) in [6.45, 7) is 2.09. The molecule has 0 fully saturated rings. The van der Waals surface area contributed by atoms with E-state index in [2.05, 4.69) is 10.3 Å². The van der Waals surface area contributed by atoms with Gasteiger partial charge in [0.25, 0.3) is 0 Å². The Bertz CT molecular complexity index is 544. The van der Waals surface area contributed by atoms with E-state index in [4.69, 9.17) is 11.5 Å². The molecule has 122 valence electrons. The molecule has 0 aliphatic heterocycles. The van der Waals surface area contributed by atoms with E-state index in [-0.39, 0.29) is 17.5 Å². The van der Waals surface area contributed by atoms with E-state index in [0.717, 1.165) is 0 Å². The van der Waals surface area contributed by atoms with E-state index in [0.29, 0.717) is 24.9 Å². The number of guanidine groups is 1. The zero-order chi connectivity index (χ0) is 16.7. The van der Waals surface area contributed by atoms with Crippen LogP contribution < -0.4 is 16.8 Å². The lowest BCUT2D eigenvalue weighted by Crippen LogP contribution is -2.38. The lowest BCUT2D eigenvalue weighted by atomic mass is 10.0. The number of carbonyl (C=O) groups is 1. The second-order valence-corrected chi connectivity index (χ2v) is 4.97. The van der Waals surface area contributed by atoms with Gasteiger partial charge in [0.1, 0.15) is 17.5 Å². The Labute approximate surface area is 128 Å². The highest BCUT2D eigenvalue weighted by atomic mass is 16.4. The normalized spacial score (nSPS) is 13.3. The summed E-state index contributed by atoms with van der Waals surface area (Å²) in [5.41, 5.74) is 10.9. The average Bonchev–Trinajstić information content (AvgIpc) is 2.41. The molecule has 22 heavy (non-hydrogen) atoms. The first-order valence-electron chi connectivity index (χ1n) is 6.87. The SMILES string of the molecule is CC(NC(CCCN=C(N)N)C(=O)O)c1ccc(O)cc1O. The number of hydrogen-bond donors (Lipinski definition) is 6. The number of aliphatic imine (C=N–C) groups is 1. The minimum Gasteiger partial charge on any atom is -0.508 e. The van der Waals surface area contributed by atoms with Gasteiger partial charge in [-0.15, -0.1) is 0 Å². The van der Waals surface area contributed by atoms with Crippen LogP contribution in [0, 0.1) is 0 Å². The van der Waals surface area contributed by atoms with Gasteiger partial charge in [0.05, 0.1) is 0 Å². The number of aliphatic carboxylic acids is 1. The quantitative estimate of drug-likeness (QED) is 0.228. The number of benzene rings is 1. The fourth-order valence-corrected chi connectivity index (χ4v) is 2.07. The maximum Gasteiger partial charge on any atom is 0.320 e. The number of phenolic OH excluding ortho intramolecular Hbond substituents is 2. The van der Waals surface area contributed by atoms with E-state index < -0.39 is 18.1 Å². The zero-order valence-electron chi connectivity index (χ0n) is 12.4. The van der Waals surface area contributed by atoms with Crippen LogP contribution in [0.2, 0.25) is 0 Å². The molecule has 0 aliphatic rings. The molecule has 8 N–H and O–H groups in total. The minimum absolute atomic E-state index is 0.0257. The maximum absolute atomic E-state index is 11.3. The molecule has 8 nitrogen and oxygen atoms in total. The molecule has 1 aromatic carbocycles. The van der Waals surface area contributed by atoms with Crippen LogP contribution in [0.15, 0.2) is 23.2 Å². The fourth-order valence-electron chi connectivity index (χ4n) is 2.07. The van der Waals surface area contributed by atoms with Gasteiger partial charge in [-0.3, -0.25) is 15.1 Å². The Morgan fingerprint density at radius 2 is 2.05 bits per heavy atom. The number of hydrogen-bond acceptors (Lipinski definition) is 5. The van der Waals surface area contributed by atoms with Crippen LogP contribution in [0.3, 0.4) is 0 Å². The molecule has 0 amide bonds. The van der Waals surface area contributed by atoms with Gasteiger partial charge in [-0.2, -0.15) is 0 Å². The molecule has 1 rings (SSSR count). The Balaban J connectivity index is 2.65. The van der Waals surface area contributed by atoms with Crippen molar-refractivity contribution in [1.29, 1.82) is 0 Å². The van der Waals surface area contributed by atoms with Crippen LogP contribution in [0.25, 0.3) is 0 Å². The number of phenols is 2. The molecule has 0 radical (unpaired) electrons. The number of nitrogens with one attached hydrogen (secondary N) is 1. The molecule has 0 aromatic heterocycles. The van der Waals surface area contributed by atoms with E-state index in [1.165, 1.54) is 12.1 Å². The number of rotatable bonds is 8. The molecule has 0 aliphatic carbocycles. The highest BCUT2D eigenvalue weighted by Crippen LogP contribution is 2.28. The summed E-state index contributed by atoms with van der Waals surface area (Å²) in [7, 11) is 0. The van der Waals surface area contributed by atoms with Crippen LogP contribution in [0.4, 0.5) is 0 Å². The molecule has 0 saturated heterocycles. The van der Waals surface area contributed by atoms with Gasteiger partial charge >= 0.3 is 5.97 Å². The second kappa shape index (κ2) is 8.08. The zero-order valence-corrected chi connectivity index (χ0v) is 12.4. The predicted molar refractivity (Wildman–Crippen MR) is 82.7 cm³/mol. The Morgan fingerprint density at radius 3 is 2.59 bits per heavy atom. The molecule has 2 atom stereocenters. The molecular formula is C14H22N4O4. The summed E-state index contributed by atoms with van der Waals surface area (Å²) in [6.07, 6.45) is 0.853. The first-order chi connectivity index (χ1) is 10.3. The summed E-state index contributed by atoms with van der Waals surface area (Å²) in [5.74, 6) is -1.16. The van der Waals surface area contributed by atoms with Gasteiger partial charge in [0, 0.05) is 24.2 Å². The summed E-state index contributed by atoms with van der Waals surface area (Å²) in [6, 6.07) is 2.99.